The van der Waals surface area contributed by atoms with E-state index in [0.29, 0.717) is 21.8 Å². The minimum atomic E-state index is 0.0530. The van der Waals surface area contributed by atoms with Gasteiger partial charge in [0.1, 0.15) is 0 Å². The molecule has 2 unspecified atom stereocenters. The molecule has 3 nitrogen and oxygen atoms in total. The van der Waals surface area contributed by atoms with E-state index in [1.165, 1.54) is 0 Å². The van der Waals surface area contributed by atoms with E-state index in [1.807, 2.05) is 53.1 Å². The number of carbonyl (C=O) groups is 1. The number of carbonyl (C=O) groups excluding carboxylic acids is 1. The van der Waals surface area contributed by atoms with Crippen LogP contribution in [-0.2, 0) is 0 Å². The first-order valence-electron chi connectivity index (χ1n) is 7.27. The van der Waals surface area contributed by atoms with Crippen molar-refractivity contribution in [3.05, 3.63) is 42.0 Å². The molecule has 1 heterocycles. The first-order valence-corrected chi connectivity index (χ1v) is 8.22. The molecule has 2 aromatic rings. The van der Waals surface area contributed by atoms with Gasteiger partial charge in [0.25, 0.3) is 5.91 Å². The third-order valence-corrected chi connectivity index (χ3v) is 5.08. The molecule has 1 amide bonds. The summed E-state index contributed by atoms with van der Waals surface area (Å²) in [6.07, 6.45) is 0. The van der Waals surface area contributed by atoms with Gasteiger partial charge in [-0.05, 0) is 22.9 Å². The standard InChI is InChI=1S/C17H20N2OS/c1-11-9-19(10-12(2)21-11)17(20)15-7-13-5-3-4-6-14(13)8-16(15)18/h3-8,11-12H,9-10,18H2,1-2H3. The van der Waals surface area contributed by atoms with Gasteiger partial charge in [-0.2, -0.15) is 11.8 Å². The Labute approximate surface area is 129 Å². The van der Waals surface area contributed by atoms with Crippen LogP contribution in [0.1, 0.15) is 24.2 Å². The van der Waals surface area contributed by atoms with Crippen LogP contribution in [0.5, 0.6) is 0 Å². The highest BCUT2D eigenvalue weighted by Crippen LogP contribution is 2.28. The van der Waals surface area contributed by atoms with Crippen molar-refractivity contribution in [1.82, 2.24) is 4.90 Å². The normalized spacial score (nSPS) is 22.5. The van der Waals surface area contributed by atoms with E-state index >= 15 is 0 Å². The number of thioether (sulfide) groups is 1. The summed E-state index contributed by atoms with van der Waals surface area (Å²) in [5.41, 5.74) is 7.30. The van der Waals surface area contributed by atoms with Gasteiger partial charge < -0.3 is 10.6 Å². The van der Waals surface area contributed by atoms with Crippen molar-refractivity contribution in [2.24, 2.45) is 0 Å². The summed E-state index contributed by atoms with van der Waals surface area (Å²) in [5, 5.41) is 3.07. The van der Waals surface area contributed by atoms with Gasteiger partial charge in [0.2, 0.25) is 0 Å². The smallest absolute Gasteiger partial charge is 0.256 e. The highest BCUT2D eigenvalue weighted by Gasteiger charge is 2.27. The lowest BCUT2D eigenvalue weighted by Gasteiger charge is -2.34. The zero-order valence-electron chi connectivity index (χ0n) is 12.4. The average Bonchev–Trinajstić information content (AvgIpc) is 2.44. The Morgan fingerprint density at radius 2 is 1.71 bits per heavy atom. The summed E-state index contributed by atoms with van der Waals surface area (Å²) >= 11 is 1.94. The summed E-state index contributed by atoms with van der Waals surface area (Å²) in [5.74, 6) is 0.0530. The molecule has 0 bridgehead atoms. The molecule has 3 rings (SSSR count). The van der Waals surface area contributed by atoms with Gasteiger partial charge in [0, 0.05) is 29.3 Å². The fourth-order valence-corrected chi connectivity index (χ4v) is 4.28. The largest absolute Gasteiger partial charge is 0.398 e. The second kappa shape index (κ2) is 5.60. The third kappa shape index (κ3) is 2.86. The lowest BCUT2D eigenvalue weighted by molar-refractivity contribution is 0.0754. The molecule has 2 atom stereocenters. The molecule has 0 radical (unpaired) electrons. The monoisotopic (exact) mass is 300 g/mol. The summed E-state index contributed by atoms with van der Waals surface area (Å²) in [4.78, 5) is 14.7. The van der Waals surface area contributed by atoms with Gasteiger partial charge in [-0.3, -0.25) is 4.79 Å². The molecule has 2 N–H and O–H groups in total. The minimum Gasteiger partial charge on any atom is -0.398 e. The number of hydrogen-bond acceptors (Lipinski definition) is 3. The Hall–Kier alpha value is -1.68. The molecule has 1 saturated heterocycles. The fraction of sp³-hybridized carbons (Fsp3) is 0.353. The SMILES string of the molecule is CC1CN(C(=O)c2cc3ccccc3cc2N)CC(C)S1. The molecule has 0 aliphatic carbocycles. The highest BCUT2D eigenvalue weighted by atomic mass is 32.2. The first-order chi connectivity index (χ1) is 10.0. The van der Waals surface area contributed by atoms with E-state index in [0.717, 1.165) is 23.9 Å². The van der Waals surface area contributed by atoms with Crippen LogP contribution in [0.3, 0.4) is 0 Å². The lowest BCUT2D eigenvalue weighted by Crippen LogP contribution is -2.44. The molecule has 1 aliphatic heterocycles. The van der Waals surface area contributed by atoms with Crippen LogP contribution in [0.25, 0.3) is 10.8 Å². The van der Waals surface area contributed by atoms with Crippen molar-refractivity contribution in [2.45, 2.75) is 24.3 Å². The van der Waals surface area contributed by atoms with E-state index < -0.39 is 0 Å². The molecule has 2 aromatic carbocycles. The maximum absolute atomic E-state index is 12.8. The molecule has 4 heteroatoms. The first kappa shape index (κ1) is 14.3. The number of hydrogen-bond donors (Lipinski definition) is 1. The predicted molar refractivity (Wildman–Crippen MR) is 90.8 cm³/mol. The zero-order chi connectivity index (χ0) is 15.0. The summed E-state index contributed by atoms with van der Waals surface area (Å²) in [7, 11) is 0. The van der Waals surface area contributed by atoms with Crippen molar-refractivity contribution in [3.8, 4) is 0 Å². The van der Waals surface area contributed by atoms with Gasteiger partial charge in [0.15, 0.2) is 0 Å². The van der Waals surface area contributed by atoms with E-state index in [-0.39, 0.29) is 5.91 Å². The maximum atomic E-state index is 12.8. The maximum Gasteiger partial charge on any atom is 0.256 e. The second-order valence-corrected chi connectivity index (χ2v) is 7.64. The molecule has 1 aliphatic rings. The summed E-state index contributed by atoms with van der Waals surface area (Å²) in [6, 6.07) is 11.8. The number of nitrogens with two attached hydrogens (primary N) is 1. The van der Waals surface area contributed by atoms with Crippen molar-refractivity contribution < 1.29 is 4.79 Å². The van der Waals surface area contributed by atoms with Crippen molar-refractivity contribution in [3.63, 3.8) is 0 Å². The Bertz CT molecular complexity index is 676. The van der Waals surface area contributed by atoms with Gasteiger partial charge in [0.05, 0.1) is 5.56 Å². The van der Waals surface area contributed by atoms with Crippen LogP contribution < -0.4 is 5.73 Å². The Kier molecular flexibility index (Phi) is 3.81. The summed E-state index contributed by atoms with van der Waals surface area (Å²) in [6.45, 7) is 5.93. The summed E-state index contributed by atoms with van der Waals surface area (Å²) < 4.78 is 0. The van der Waals surface area contributed by atoms with E-state index in [9.17, 15) is 4.79 Å². The average molecular weight is 300 g/mol. The fourth-order valence-electron chi connectivity index (χ4n) is 2.96. The van der Waals surface area contributed by atoms with Gasteiger partial charge in [-0.15, -0.1) is 0 Å². The molecule has 0 spiro atoms. The predicted octanol–water partition coefficient (Wildman–Crippen LogP) is 3.39. The number of nitrogen functional groups attached to an aromatic ring is 1. The number of anilines is 1. The van der Waals surface area contributed by atoms with Crippen LogP contribution in [0.4, 0.5) is 5.69 Å². The molecule has 21 heavy (non-hydrogen) atoms. The van der Waals surface area contributed by atoms with Crippen molar-refractivity contribution in [1.29, 1.82) is 0 Å². The van der Waals surface area contributed by atoms with Crippen molar-refractivity contribution >= 4 is 34.1 Å². The number of fused-ring (bicyclic) bond motifs is 1. The topological polar surface area (TPSA) is 46.3 Å². The van der Waals surface area contributed by atoms with E-state index in [2.05, 4.69) is 13.8 Å². The van der Waals surface area contributed by atoms with Crippen LogP contribution in [0.2, 0.25) is 0 Å². The van der Waals surface area contributed by atoms with Gasteiger partial charge in [-0.25, -0.2) is 0 Å². The second-order valence-electron chi connectivity index (χ2n) is 5.75. The lowest BCUT2D eigenvalue weighted by atomic mass is 10.0. The molecular formula is C17H20N2OS. The zero-order valence-corrected chi connectivity index (χ0v) is 13.2. The minimum absolute atomic E-state index is 0.0530. The van der Waals surface area contributed by atoms with Crippen LogP contribution in [-0.4, -0.2) is 34.4 Å². The number of benzene rings is 2. The van der Waals surface area contributed by atoms with Crippen LogP contribution in [0, 0.1) is 0 Å². The molecule has 0 saturated carbocycles. The van der Waals surface area contributed by atoms with Gasteiger partial charge >= 0.3 is 0 Å². The van der Waals surface area contributed by atoms with Crippen LogP contribution in [0.15, 0.2) is 36.4 Å². The van der Waals surface area contributed by atoms with Gasteiger partial charge in [-0.1, -0.05) is 38.1 Å². The Balaban J connectivity index is 1.95. The molecule has 1 fully saturated rings. The highest BCUT2D eigenvalue weighted by molar-refractivity contribution is 8.00. The van der Waals surface area contributed by atoms with E-state index in [4.69, 9.17) is 5.73 Å². The number of amides is 1. The molecule has 110 valence electrons. The Morgan fingerprint density at radius 1 is 1.14 bits per heavy atom. The quantitative estimate of drug-likeness (QED) is 0.821. The van der Waals surface area contributed by atoms with Crippen molar-refractivity contribution in [2.75, 3.05) is 18.8 Å². The number of nitrogens with zero attached hydrogens (tertiary/aromatic N) is 1. The molecular weight excluding hydrogens is 280 g/mol. The number of rotatable bonds is 1. The molecule has 0 aromatic heterocycles. The van der Waals surface area contributed by atoms with E-state index in [1.54, 1.807) is 0 Å². The Morgan fingerprint density at radius 3 is 2.33 bits per heavy atom. The third-order valence-electron chi connectivity index (χ3n) is 3.86. The van der Waals surface area contributed by atoms with Crippen LogP contribution >= 0.6 is 11.8 Å².